The second kappa shape index (κ2) is 7.54. The number of hydrogen-bond donors (Lipinski definition) is 1. The van der Waals surface area contributed by atoms with Gasteiger partial charge in [-0.25, -0.2) is 4.98 Å². The molecule has 3 aromatic heterocycles. The number of pyridine rings is 2. The lowest BCUT2D eigenvalue weighted by atomic mass is 10.1. The molecule has 4 rings (SSSR count). The van der Waals surface area contributed by atoms with Crippen molar-refractivity contribution in [2.75, 3.05) is 13.1 Å². The number of imidazole rings is 1. The molecule has 3 aromatic rings. The van der Waals surface area contributed by atoms with Crippen LogP contribution in [0.2, 0.25) is 0 Å². The van der Waals surface area contributed by atoms with E-state index >= 15 is 0 Å². The Hall–Kier alpha value is -3.02. The van der Waals surface area contributed by atoms with E-state index in [1.54, 1.807) is 18.6 Å². The number of aromatic nitrogens is 4. The van der Waals surface area contributed by atoms with Gasteiger partial charge in [0.1, 0.15) is 5.69 Å². The minimum atomic E-state index is 0.0665. The Morgan fingerprint density at radius 3 is 2.82 bits per heavy atom. The van der Waals surface area contributed by atoms with Crippen LogP contribution in [0, 0.1) is 19.8 Å². The summed E-state index contributed by atoms with van der Waals surface area (Å²) >= 11 is 0. The zero-order valence-corrected chi connectivity index (χ0v) is 16.6. The number of amides is 1. The number of nitrogens with zero attached hydrogens (tertiary/aromatic N) is 4. The summed E-state index contributed by atoms with van der Waals surface area (Å²) < 4.78 is 0. The summed E-state index contributed by atoms with van der Waals surface area (Å²) in [5.41, 5.74) is 5.28. The average molecular weight is 375 g/mol. The maximum atomic E-state index is 12.9. The number of rotatable bonds is 4. The zero-order valence-electron chi connectivity index (χ0n) is 16.6. The Bertz CT molecular complexity index is 990. The Morgan fingerprint density at radius 2 is 2.11 bits per heavy atom. The summed E-state index contributed by atoms with van der Waals surface area (Å²) in [7, 11) is 0. The molecule has 28 heavy (non-hydrogen) atoms. The molecule has 0 aliphatic carbocycles. The van der Waals surface area contributed by atoms with Crippen LogP contribution < -0.4 is 0 Å². The van der Waals surface area contributed by atoms with Gasteiger partial charge < -0.3 is 9.88 Å². The van der Waals surface area contributed by atoms with E-state index < -0.39 is 0 Å². The van der Waals surface area contributed by atoms with E-state index in [0.29, 0.717) is 11.5 Å². The molecule has 0 saturated carbocycles. The van der Waals surface area contributed by atoms with E-state index in [2.05, 4.69) is 26.9 Å². The van der Waals surface area contributed by atoms with E-state index in [0.717, 1.165) is 60.0 Å². The fraction of sp³-hybridized carbons (Fsp3) is 0.364. The highest BCUT2D eigenvalue weighted by Crippen LogP contribution is 2.26. The summed E-state index contributed by atoms with van der Waals surface area (Å²) in [6.07, 6.45) is 7.41. The van der Waals surface area contributed by atoms with Gasteiger partial charge in [0.15, 0.2) is 5.82 Å². The van der Waals surface area contributed by atoms with Gasteiger partial charge in [-0.2, -0.15) is 0 Å². The number of hydrogen-bond acceptors (Lipinski definition) is 4. The molecular weight excluding hydrogens is 350 g/mol. The van der Waals surface area contributed by atoms with Crippen molar-refractivity contribution in [1.29, 1.82) is 0 Å². The number of H-pyrrole nitrogens is 1. The van der Waals surface area contributed by atoms with Crippen molar-refractivity contribution < 1.29 is 4.79 Å². The van der Waals surface area contributed by atoms with Crippen LogP contribution in [0.25, 0.3) is 22.6 Å². The molecule has 1 unspecified atom stereocenters. The lowest BCUT2D eigenvalue weighted by Crippen LogP contribution is -2.28. The second-order valence-electron chi connectivity index (χ2n) is 7.50. The van der Waals surface area contributed by atoms with Crippen molar-refractivity contribution in [3.8, 4) is 22.6 Å². The summed E-state index contributed by atoms with van der Waals surface area (Å²) in [6, 6.07) is 5.83. The molecule has 1 fully saturated rings. The first-order valence-electron chi connectivity index (χ1n) is 9.79. The van der Waals surface area contributed by atoms with Gasteiger partial charge in [-0.3, -0.25) is 14.8 Å². The molecule has 1 amide bonds. The van der Waals surface area contributed by atoms with Crippen LogP contribution in [-0.4, -0.2) is 43.8 Å². The topological polar surface area (TPSA) is 74.8 Å². The number of aryl methyl sites for hydroxylation is 2. The fourth-order valence-electron chi connectivity index (χ4n) is 3.66. The SMILES string of the molecule is CCC1CCN(C(=O)c2cncc(-c3ccnc(-c4nc(C)c(C)[nH]4)c3)c2)C1. The van der Waals surface area contributed by atoms with Crippen molar-refractivity contribution in [3.63, 3.8) is 0 Å². The Balaban J connectivity index is 1.61. The molecule has 4 heterocycles. The highest BCUT2D eigenvalue weighted by Gasteiger charge is 2.26. The van der Waals surface area contributed by atoms with Gasteiger partial charge in [0.05, 0.1) is 11.3 Å². The minimum absolute atomic E-state index is 0.0665. The van der Waals surface area contributed by atoms with Crippen LogP contribution in [0.3, 0.4) is 0 Å². The Kier molecular flexibility index (Phi) is 4.94. The highest BCUT2D eigenvalue weighted by molar-refractivity contribution is 5.95. The van der Waals surface area contributed by atoms with E-state index in [1.165, 1.54) is 0 Å². The molecule has 0 aromatic carbocycles. The van der Waals surface area contributed by atoms with Gasteiger partial charge >= 0.3 is 0 Å². The van der Waals surface area contributed by atoms with Crippen molar-refractivity contribution in [2.45, 2.75) is 33.6 Å². The number of carbonyl (C=O) groups is 1. The third-order valence-corrected chi connectivity index (χ3v) is 5.60. The van der Waals surface area contributed by atoms with Gasteiger partial charge in [0.25, 0.3) is 5.91 Å². The average Bonchev–Trinajstić information content (AvgIpc) is 3.34. The van der Waals surface area contributed by atoms with Crippen LogP contribution in [-0.2, 0) is 0 Å². The van der Waals surface area contributed by atoms with Gasteiger partial charge in [-0.1, -0.05) is 13.3 Å². The van der Waals surface area contributed by atoms with Crippen LogP contribution in [0.1, 0.15) is 41.5 Å². The predicted molar refractivity (Wildman–Crippen MR) is 109 cm³/mol. The molecule has 0 radical (unpaired) electrons. The molecule has 6 nitrogen and oxygen atoms in total. The van der Waals surface area contributed by atoms with Crippen molar-refractivity contribution in [3.05, 3.63) is 53.7 Å². The monoisotopic (exact) mass is 375 g/mol. The van der Waals surface area contributed by atoms with Crippen molar-refractivity contribution in [1.82, 2.24) is 24.8 Å². The maximum Gasteiger partial charge on any atom is 0.255 e. The van der Waals surface area contributed by atoms with E-state index in [-0.39, 0.29) is 5.91 Å². The minimum Gasteiger partial charge on any atom is -0.341 e. The molecule has 0 spiro atoms. The molecular formula is C22H25N5O. The van der Waals surface area contributed by atoms with Crippen LogP contribution in [0.4, 0.5) is 0 Å². The van der Waals surface area contributed by atoms with Crippen LogP contribution in [0.5, 0.6) is 0 Å². The van der Waals surface area contributed by atoms with Crippen molar-refractivity contribution in [2.24, 2.45) is 5.92 Å². The van der Waals surface area contributed by atoms with E-state index in [4.69, 9.17) is 0 Å². The Labute approximate surface area is 165 Å². The number of nitrogens with one attached hydrogen (secondary N) is 1. The molecule has 0 bridgehead atoms. The quantitative estimate of drug-likeness (QED) is 0.747. The summed E-state index contributed by atoms with van der Waals surface area (Å²) in [4.78, 5) is 31.4. The summed E-state index contributed by atoms with van der Waals surface area (Å²) in [5.74, 6) is 1.43. The van der Waals surface area contributed by atoms with E-state index in [9.17, 15) is 4.79 Å². The van der Waals surface area contributed by atoms with Crippen LogP contribution >= 0.6 is 0 Å². The molecule has 6 heteroatoms. The standard InChI is InChI=1S/C22H25N5O/c1-4-16-6-8-27(13-16)22(28)19-9-18(11-23-12-19)17-5-7-24-20(10-17)21-25-14(2)15(3)26-21/h5,7,9-12,16H,4,6,8,13H2,1-3H3,(H,25,26). The van der Waals surface area contributed by atoms with Gasteiger partial charge in [-0.05, 0) is 49.9 Å². The van der Waals surface area contributed by atoms with Gasteiger partial charge in [-0.15, -0.1) is 0 Å². The lowest BCUT2D eigenvalue weighted by Gasteiger charge is -2.16. The first kappa shape index (κ1) is 18.3. The van der Waals surface area contributed by atoms with Gasteiger partial charge in [0.2, 0.25) is 0 Å². The normalized spacial score (nSPS) is 16.5. The predicted octanol–water partition coefficient (Wildman–Crippen LogP) is 4.02. The fourth-order valence-corrected chi connectivity index (χ4v) is 3.66. The number of aromatic amines is 1. The Morgan fingerprint density at radius 1 is 1.25 bits per heavy atom. The largest absolute Gasteiger partial charge is 0.341 e. The third-order valence-electron chi connectivity index (χ3n) is 5.60. The number of carbonyl (C=O) groups excluding carboxylic acids is 1. The second-order valence-corrected chi connectivity index (χ2v) is 7.50. The maximum absolute atomic E-state index is 12.9. The first-order chi connectivity index (χ1) is 13.5. The smallest absolute Gasteiger partial charge is 0.255 e. The summed E-state index contributed by atoms with van der Waals surface area (Å²) in [6.45, 7) is 7.83. The molecule has 1 N–H and O–H groups in total. The lowest BCUT2D eigenvalue weighted by molar-refractivity contribution is 0.0786. The van der Waals surface area contributed by atoms with Crippen molar-refractivity contribution >= 4 is 5.91 Å². The van der Waals surface area contributed by atoms with E-state index in [1.807, 2.05) is 36.9 Å². The van der Waals surface area contributed by atoms with Crippen LogP contribution in [0.15, 0.2) is 36.8 Å². The molecule has 144 valence electrons. The summed E-state index contributed by atoms with van der Waals surface area (Å²) in [5, 5.41) is 0. The van der Waals surface area contributed by atoms with Gasteiger partial charge in [0, 0.05) is 42.9 Å². The molecule has 1 aliphatic rings. The third kappa shape index (κ3) is 3.54. The molecule has 1 saturated heterocycles. The number of likely N-dealkylation sites (tertiary alicyclic amines) is 1. The zero-order chi connectivity index (χ0) is 19.7. The molecule has 1 aliphatic heterocycles. The first-order valence-corrected chi connectivity index (χ1v) is 9.79. The molecule has 1 atom stereocenters. The highest BCUT2D eigenvalue weighted by atomic mass is 16.2.